The van der Waals surface area contributed by atoms with Crippen LogP contribution in [0.15, 0.2) is 23.4 Å². The number of hydrogen-bond acceptors (Lipinski definition) is 14. The molecule has 0 amide bonds. The van der Waals surface area contributed by atoms with Crippen LogP contribution in [0.4, 0.5) is 20.5 Å². The van der Waals surface area contributed by atoms with Gasteiger partial charge in [0, 0.05) is 6.20 Å². The van der Waals surface area contributed by atoms with Gasteiger partial charge in [0.1, 0.15) is 47.2 Å². The topological polar surface area (TPSA) is 235 Å². The molecule has 6 heterocycles. The Morgan fingerprint density at radius 3 is 2.80 bits per heavy atom. The van der Waals surface area contributed by atoms with Gasteiger partial charge in [-0.1, -0.05) is 17.5 Å². The van der Waals surface area contributed by atoms with Crippen molar-refractivity contribution in [3.8, 4) is 0 Å². The molecular weight excluding hydrogens is 609 g/mol. The van der Waals surface area contributed by atoms with E-state index < -0.39 is 72.4 Å². The average Bonchev–Trinajstić information content (AvgIpc) is 3.68. The summed E-state index contributed by atoms with van der Waals surface area (Å²) in [6.45, 7) is -5.52. The Hall–Kier alpha value is -2.87. The largest absolute Gasteiger partial charge is 0.395 e. The highest BCUT2D eigenvalue weighted by atomic mass is 32.7. The van der Waals surface area contributed by atoms with E-state index in [0.717, 1.165) is 16.4 Å². The molecule has 2 aliphatic rings. The maximum absolute atomic E-state index is 15.6. The molecule has 0 bridgehead atoms. The molecule has 2 fully saturated rings. The van der Waals surface area contributed by atoms with E-state index in [4.69, 9.17) is 20.7 Å². The smallest absolute Gasteiger partial charge is 0.282 e. The lowest BCUT2D eigenvalue weighted by atomic mass is 10.1. The van der Waals surface area contributed by atoms with Crippen LogP contribution < -0.4 is 17.0 Å². The van der Waals surface area contributed by atoms with Crippen molar-refractivity contribution < 1.29 is 32.8 Å². The number of nitrogens with two attached hydrogens (primary N) is 2. The summed E-state index contributed by atoms with van der Waals surface area (Å²) in [7, 11) is 0. The first-order valence-corrected chi connectivity index (χ1v) is 15.8. The molecule has 6 rings (SSSR count). The first-order valence-electron chi connectivity index (χ1n) is 12.0. The van der Waals surface area contributed by atoms with Gasteiger partial charge in [-0.05, 0) is 6.07 Å². The van der Waals surface area contributed by atoms with Crippen LogP contribution in [0.1, 0.15) is 11.6 Å². The number of nitrogens with one attached hydrogen (secondary N) is 1. The van der Waals surface area contributed by atoms with E-state index in [-0.39, 0.29) is 28.6 Å². The average molecular weight is 633 g/mol. The third-order valence-corrected chi connectivity index (χ3v) is 11.7. The first-order chi connectivity index (χ1) is 19.5. The normalized spacial score (nSPS) is 31.7. The van der Waals surface area contributed by atoms with Crippen molar-refractivity contribution in [2.45, 2.75) is 47.1 Å². The number of aliphatic hydroxyl groups is 2. The zero-order valence-corrected chi connectivity index (χ0v) is 23.2. The zero-order valence-electron chi connectivity index (χ0n) is 20.6. The van der Waals surface area contributed by atoms with Gasteiger partial charge in [-0.25, -0.2) is 23.4 Å². The van der Waals surface area contributed by atoms with Gasteiger partial charge in [-0.15, -0.1) is 16.9 Å². The zero-order chi connectivity index (χ0) is 29.2. The molecule has 0 radical (unpaired) electrons. The lowest BCUT2D eigenvalue weighted by molar-refractivity contribution is -0.0405. The highest BCUT2D eigenvalue weighted by Gasteiger charge is 2.56. The number of anilines is 2. The van der Waals surface area contributed by atoms with E-state index in [1.54, 1.807) is 6.07 Å². The van der Waals surface area contributed by atoms with Crippen LogP contribution in [0.3, 0.4) is 0 Å². The standard InChI is InChI=1S/C20H23F2N10O6PS2/c21-9-8(3-33)41-19(32-16-11(29-30-32)17(35)28-20(24)27-16)13(9)39(36,40)37-4-7-12(34)10(22)18(38-7)31-2-1-6-14(23)25-5-26-15(6)31/h1-2,5,7-10,12-13,18-19,33-34H,3-4H2,(H,36,40)(H2,23,25,26)(H3,24,27,28,35)/t7-,8-,9-,10+,12-,13-,18-,19-,39?/m1/s1. The fourth-order valence-corrected chi connectivity index (χ4v) is 9.88. The Bertz CT molecular complexity index is 1720. The van der Waals surface area contributed by atoms with Crippen LogP contribution in [0.25, 0.3) is 22.2 Å². The third-order valence-electron chi connectivity index (χ3n) is 6.97. The predicted molar refractivity (Wildman–Crippen MR) is 146 cm³/mol. The van der Waals surface area contributed by atoms with E-state index in [1.165, 1.54) is 17.1 Å². The summed E-state index contributed by atoms with van der Waals surface area (Å²) in [5.41, 5.74) is 9.25. The minimum Gasteiger partial charge on any atom is -0.395 e. The summed E-state index contributed by atoms with van der Waals surface area (Å²) in [5.74, 6) is -0.0778. The first kappa shape index (κ1) is 28.3. The van der Waals surface area contributed by atoms with E-state index in [9.17, 15) is 19.6 Å². The van der Waals surface area contributed by atoms with Crippen LogP contribution in [-0.4, -0.2) is 98.4 Å². The number of alkyl halides is 2. The number of aliphatic hydroxyl groups excluding tert-OH is 2. The van der Waals surface area contributed by atoms with E-state index >= 15 is 8.78 Å². The van der Waals surface area contributed by atoms with E-state index in [0.29, 0.717) is 5.39 Å². The Labute approximate surface area is 237 Å². The van der Waals surface area contributed by atoms with Crippen molar-refractivity contribution in [1.29, 1.82) is 0 Å². The van der Waals surface area contributed by atoms with E-state index in [2.05, 4.69) is 42.5 Å². The fourth-order valence-electron chi connectivity index (χ4n) is 4.96. The molecule has 0 aromatic carbocycles. The number of rotatable bonds is 7. The quantitative estimate of drug-likeness (QED) is 0.118. The molecule has 1 unspecified atom stereocenters. The van der Waals surface area contributed by atoms with Crippen molar-refractivity contribution in [1.82, 2.24) is 39.5 Å². The molecule has 0 saturated carbocycles. The molecule has 41 heavy (non-hydrogen) atoms. The summed E-state index contributed by atoms with van der Waals surface area (Å²) in [5, 5.41) is 26.2. The predicted octanol–water partition coefficient (Wildman–Crippen LogP) is 0.173. The van der Waals surface area contributed by atoms with Crippen molar-refractivity contribution in [3.63, 3.8) is 0 Å². The molecule has 16 nitrogen and oxygen atoms in total. The number of H-pyrrole nitrogens is 1. The highest BCUT2D eigenvalue weighted by Crippen LogP contribution is 2.67. The van der Waals surface area contributed by atoms with Gasteiger partial charge in [0.05, 0.1) is 23.8 Å². The summed E-state index contributed by atoms with van der Waals surface area (Å²) in [4.78, 5) is 26.5. The molecule has 21 heteroatoms. The number of nitrogen functional groups attached to an aromatic ring is 2. The molecule has 9 atom stereocenters. The van der Waals surface area contributed by atoms with Crippen molar-refractivity contribution in [3.05, 3.63) is 28.9 Å². The maximum atomic E-state index is 15.6. The van der Waals surface area contributed by atoms with Gasteiger partial charge in [-0.3, -0.25) is 14.3 Å². The molecule has 0 aliphatic carbocycles. The van der Waals surface area contributed by atoms with Crippen molar-refractivity contribution in [2.24, 2.45) is 0 Å². The molecular formula is C20H23F2N10O6PS2. The second kappa shape index (κ2) is 10.4. The number of nitrogens with zero attached hydrogens (tertiary/aromatic N) is 7. The maximum Gasteiger partial charge on any atom is 0.282 e. The SMILES string of the molecule is Nc1nc2c(nnn2[C@@H]2S[C@H](CO)[C@@H](F)[C@H]2P(=O)(S)OC[C@H]2O[C@@H](n3ccc4c(N)ncnc43)[C@@H](F)[C@@H]2O)c(=O)[nH]1. The van der Waals surface area contributed by atoms with Crippen LogP contribution in [-0.2, 0) is 13.8 Å². The van der Waals surface area contributed by atoms with Gasteiger partial charge >= 0.3 is 0 Å². The van der Waals surface area contributed by atoms with Gasteiger partial charge in [0.2, 0.25) is 5.95 Å². The summed E-state index contributed by atoms with van der Waals surface area (Å²) in [6.07, 6.45) is -5.53. The number of fused-ring (bicyclic) bond motifs is 2. The summed E-state index contributed by atoms with van der Waals surface area (Å²) < 4.78 is 58.3. The minimum absolute atomic E-state index is 0.103. The number of aromatic amines is 1. The van der Waals surface area contributed by atoms with Gasteiger partial charge in [0.25, 0.3) is 12.1 Å². The van der Waals surface area contributed by atoms with Gasteiger partial charge in [0.15, 0.2) is 23.6 Å². The Kier molecular flexibility index (Phi) is 7.20. The second-order valence-electron chi connectivity index (χ2n) is 9.42. The lowest BCUT2D eigenvalue weighted by Gasteiger charge is -2.27. The molecule has 2 aliphatic heterocycles. The van der Waals surface area contributed by atoms with Crippen molar-refractivity contribution in [2.75, 3.05) is 24.7 Å². The van der Waals surface area contributed by atoms with Crippen LogP contribution in [0, 0.1) is 0 Å². The fraction of sp³-hybridized carbons (Fsp3) is 0.500. The van der Waals surface area contributed by atoms with Crippen LogP contribution in [0.2, 0.25) is 0 Å². The molecule has 4 aromatic rings. The molecule has 0 spiro atoms. The Morgan fingerprint density at radius 2 is 2.05 bits per heavy atom. The monoisotopic (exact) mass is 632 g/mol. The highest BCUT2D eigenvalue weighted by molar-refractivity contribution is 8.46. The number of aromatic nitrogens is 8. The Morgan fingerprint density at radius 1 is 1.27 bits per heavy atom. The molecule has 220 valence electrons. The lowest BCUT2D eigenvalue weighted by Crippen LogP contribution is -2.33. The third kappa shape index (κ3) is 4.66. The van der Waals surface area contributed by atoms with E-state index in [1.807, 2.05) is 0 Å². The summed E-state index contributed by atoms with van der Waals surface area (Å²) in [6, 6.07) is 1.57. The number of thioether (sulfide) groups is 1. The van der Waals surface area contributed by atoms with Crippen LogP contribution >= 0.6 is 30.6 Å². The molecule has 7 N–H and O–H groups in total. The minimum atomic E-state index is -4.27. The van der Waals surface area contributed by atoms with Crippen LogP contribution in [0.5, 0.6) is 0 Å². The number of hydrogen-bond donors (Lipinski definition) is 6. The van der Waals surface area contributed by atoms with Gasteiger partial charge < -0.3 is 35.5 Å². The molecule has 2 saturated heterocycles. The summed E-state index contributed by atoms with van der Waals surface area (Å²) >= 11 is 5.04. The number of ether oxygens (including phenoxy) is 1. The van der Waals surface area contributed by atoms with Gasteiger partial charge in [-0.2, -0.15) is 4.98 Å². The number of halogens is 2. The molecule has 4 aromatic heterocycles. The Balaban J connectivity index is 1.25. The number of thiol groups is 1. The second-order valence-corrected chi connectivity index (χ2v) is 14.4. The van der Waals surface area contributed by atoms with Crippen molar-refractivity contribution >= 4 is 64.5 Å².